The lowest BCUT2D eigenvalue weighted by atomic mass is 9.83. The second-order valence-electron chi connectivity index (χ2n) is 8.63. The number of carbonyl (C=O) groups is 1. The van der Waals surface area contributed by atoms with Crippen molar-refractivity contribution < 1.29 is 23.7 Å². The van der Waals surface area contributed by atoms with Crippen LogP contribution in [-0.4, -0.2) is 19.2 Å². The lowest BCUT2D eigenvalue weighted by molar-refractivity contribution is -0.136. The number of nitriles is 1. The van der Waals surface area contributed by atoms with Crippen molar-refractivity contribution in [2.45, 2.75) is 33.1 Å². The second-order valence-corrected chi connectivity index (χ2v) is 8.63. The molecule has 4 rings (SSSR count). The molecule has 0 fully saturated rings. The first-order valence-electron chi connectivity index (χ1n) is 11.7. The summed E-state index contributed by atoms with van der Waals surface area (Å²) in [5.41, 5.74) is 10.1. The lowest BCUT2D eigenvalue weighted by Gasteiger charge is -2.26. The highest BCUT2D eigenvalue weighted by Crippen LogP contribution is 2.43. The maximum absolute atomic E-state index is 12.4. The van der Waals surface area contributed by atoms with Gasteiger partial charge in [-0.05, 0) is 67.3 Å². The molecule has 7 nitrogen and oxygen atoms in total. The summed E-state index contributed by atoms with van der Waals surface area (Å²) >= 11 is 0. The van der Waals surface area contributed by atoms with E-state index in [-0.39, 0.29) is 18.2 Å². The Bertz CT molecular complexity index is 1320. The summed E-state index contributed by atoms with van der Waals surface area (Å²) in [6.07, 6.45) is 0.914. The number of allylic oxidation sites excluding steroid dienone is 1. The van der Waals surface area contributed by atoms with Gasteiger partial charge >= 0.3 is 5.97 Å². The second kappa shape index (κ2) is 10.9. The van der Waals surface area contributed by atoms with Gasteiger partial charge in [0.2, 0.25) is 5.88 Å². The standard InChI is InChI=1S/C29H28N2O5/c1-4-11-33-21-7-5-20(6-8-21)28-24-10-9-22(15-26(24)36-29(31)25(28)16-30)35-27(32)17-34-23-13-18(2)12-19(3)14-23/h5-10,12-15,28H,4,11,17,31H2,1-3H3. The van der Waals surface area contributed by atoms with Gasteiger partial charge in [-0.1, -0.05) is 31.2 Å². The Hall–Kier alpha value is -4.44. The van der Waals surface area contributed by atoms with Crippen molar-refractivity contribution in [2.24, 2.45) is 5.73 Å². The van der Waals surface area contributed by atoms with Crippen molar-refractivity contribution >= 4 is 5.97 Å². The molecular formula is C29H28N2O5. The van der Waals surface area contributed by atoms with Crippen LogP contribution in [0.2, 0.25) is 0 Å². The minimum Gasteiger partial charge on any atom is -0.494 e. The van der Waals surface area contributed by atoms with Crippen molar-refractivity contribution in [3.05, 3.63) is 94.4 Å². The number of hydrogen-bond acceptors (Lipinski definition) is 7. The van der Waals surface area contributed by atoms with E-state index in [0.29, 0.717) is 23.7 Å². The van der Waals surface area contributed by atoms with Gasteiger partial charge in [0.25, 0.3) is 0 Å². The smallest absolute Gasteiger partial charge is 0.349 e. The molecule has 3 aromatic rings. The first kappa shape index (κ1) is 24.7. The number of aryl methyl sites for hydroxylation is 2. The highest BCUT2D eigenvalue weighted by molar-refractivity contribution is 5.74. The Morgan fingerprint density at radius 2 is 1.67 bits per heavy atom. The number of rotatable bonds is 8. The van der Waals surface area contributed by atoms with Gasteiger partial charge in [-0.2, -0.15) is 5.26 Å². The third kappa shape index (κ3) is 5.61. The Balaban J connectivity index is 1.52. The van der Waals surface area contributed by atoms with E-state index in [2.05, 4.69) is 6.07 Å². The van der Waals surface area contributed by atoms with Gasteiger partial charge in [-0.15, -0.1) is 0 Å². The molecule has 0 aliphatic carbocycles. The number of benzene rings is 3. The molecule has 7 heteroatoms. The van der Waals surface area contributed by atoms with Gasteiger partial charge in [0.15, 0.2) is 6.61 Å². The van der Waals surface area contributed by atoms with E-state index in [4.69, 9.17) is 24.7 Å². The lowest BCUT2D eigenvalue weighted by Crippen LogP contribution is -2.21. The summed E-state index contributed by atoms with van der Waals surface area (Å²) < 4.78 is 22.5. The van der Waals surface area contributed by atoms with Crippen molar-refractivity contribution in [1.29, 1.82) is 5.26 Å². The highest BCUT2D eigenvalue weighted by atomic mass is 16.6. The predicted octanol–water partition coefficient (Wildman–Crippen LogP) is 5.29. The zero-order valence-corrected chi connectivity index (χ0v) is 20.5. The molecule has 1 aliphatic heterocycles. The number of fused-ring (bicyclic) bond motifs is 1. The average Bonchev–Trinajstić information content (AvgIpc) is 2.85. The van der Waals surface area contributed by atoms with Crippen LogP contribution in [0.25, 0.3) is 0 Å². The molecule has 2 N–H and O–H groups in total. The van der Waals surface area contributed by atoms with Crippen LogP contribution in [0, 0.1) is 25.2 Å². The first-order chi connectivity index (χ1) is 17.4. The molecule has 3 aromatic carbocycles. The summed E-state index contributed by atoms with van der Waals surface area (Å²) in [6, 6.07) is 20.5. The van der Waals surface area contributed by atoms with E-state index in [9.17, 15) is 10.1 Å². The third-order valence-electron chi connectivity index (χ3n) is 5.66. The summed E-state index contributed by atoms with van der Waals surface area (Å²) in [6.45, 7) is 6.36. The van der Waals surface area contributed by atoms with E-state index >= 15 is 0 Å². The SMILES string of the molecule is CCCOc1ccc(C2C(C#N)=C(N)Oc3cc(OC(=O)COc4cc(C)cc(C)c4)ccc32)cc1. The minimum absolute atomic E-state index is 0.0166. The summed E-state index contributed by atoms with van der Waals surface area (Å²) in [5, 5.41) is 9.77. The van der Waals surface area contributed by atoms with Crippen LogP contribution in [0.15, 0.2) is 72.1 Å². The van der Waals surface area contributed by atoms with Gasteiger partial charge in [0.1, 0.15) is 34.6 Å². The molecule has 1 aliphatic rings. The summed E-state index contributed by atoms with van der Waals surface area (Å²) in [5.74, 6) is 1.12. The topological polar surface area (TPSA) is 104 Å². The fraction of sp³-hybridized carbons (Fsp3) is 0.241. The van der Waals surface area contributed by atoms with Crippen LogP contribution in [0.1, 0.15) is 41.5 Å². The van der Waals surface area contributed by atoms with Gasteiger partial charge in [-0.25, -0.2) is 4.79 Å². The van der Waals surface area contributed by atoms with Crippen LogP contribution in [-0.2, 0) is 4.79 Å². The molecule has 0 saturated carbocycles. The zero-order valence-electron chi connectivity index (χ0n) is 20.5. The quantitative estimate of drug-likeness (QED) is 0.342. The molecular weight excluding hydrogens is 456 g/mol. The van der Waals surface area contributed by atoms with Crippen molar-refractivity contribution in [3.8, 4) is 29.1 Å². The van der Waals surface area contributed by atoms with Crippen LogP contribution in [0.4, 0.5) is 0 Å². The Morgan fingerprint density at radius 1 is 0.972 bits per heavy atom. The summed E-state index contributed by atoms with van der Waals surface area (Å²) in [7, 11) is 0. The van der Waals surface area contributed by atoms with Crippen LogP contribution >= 0.6 is 0 Å². The highest BCUT2D eigenvalue weighted by Gasteiger charge is 2.31. The molecule has 1 heterocycles. The maximum Gasteiger partial charge on any atom is 0.349 e. The molecule has 0 aromatic heterocycles. The number of hydrogen-bond donors (Lipinski definition) is 1. The van der Waals surface area contributed by atoms with Crippen molar-refractivity contribution in [2.75, 3.05) is 13.2 Å². The summed E-state index contributed by atoms with van der Waals surface area (Å²) in [4.78, 5) is 12.4. The van der Waals surface area contributed by atoms with Crippen LogP contribution in [0.5, 0.6) is 23.0 Å². The molecule has 0 radical (unpaired) electrons. The number of ether oxygens (including phenoxy) is 4. The Labute approximate surface area is 210 Å². The molecule has 184 valence electrons. The number of carbonyl (C=O) groups excluding carboxylic acids is 1. The zero-order chi connectivity index (χ0) is 25.7. The fourth-order valence-electron chi connectivity index (χ4n) is 4.14. The normalized spacial score (nSPS) is 14.3. The number of nitrogens with zero attached hydrogens (tertiary/aromatic N) is 1. The third-order valence-corrected chi connectivity index (χ3v) is 5.66. The van der Waals surface area contributed by atoms with Gasteiger partial charge in [0, 0.05) is 11.6 Å². The molecule has 0 saturated heterocycles. The largest absolute Gasteiger partial charge is 0.494 e. The van der Waals surface area contributed by atoms with E-state index in [1.165, 1.54) is 0 Å². The minimum atomic E-state index is -0.551. The maximum atomic E-state index is 12.4. The number of esters is 1. The molecule has 0 spiro atoms. The Kier molecular flexibility index (Phi) is 7.45. The van der Waals surface area contributed by atoms with Gasteiger partial charge < -0.3 is 24.7 Å². The van der Waals surface area contributed by atoms with Gasteiger partial charge in [0.05, 0.1) is 12.5 Å². The molecule has 1 unspecified atom stereocenters. The van der Waals surface area contributed by atoms with E-state index in [1.807, 2.05) is 63.2 Å². The monoisotopic (exact) mass is 484 g/mol. The fourth-order valence-corrected chi connectivity index (χ4v) is 4.14. The van der Waals surface area contributed by atoms with E-state index < -0.39 is 11.9 Å². The Morgan fingerprint density at radius 3 is 2.33 bits per heavy atom. The molecule has 36 heavy (non-hydrogen) atoms. The predicted molar refractivity (Wildman–Crippen MR) is 135 cm³/mol. The van der Waals surface area contributed by atoms with E-state index in [0.717, 1.165) is 34.4 Å². The van der Waals surface area contributed by atoms with Gasteiger partial charge in [-0.3, -0.25) is 0 Å². The van der Waals surface area contributed by atoms with Crippen LogP contribution < -0.4 is 24.7 Å². The molecule has 1 atom stereocenters. The van der Waals surface area contributed by atoms with E-state index in [1.54, 1.807) is 18.2 Å². The van der Waals surface area contributed by atoms with Crippen molar-refractivity contribution in [1.82, 2.24) is 0 Å². The molecule has 0 bridgehead atoms. The average molecular weight is 485 g/mol. The number of nitrogens with two attached hydrogens (primary N) is 1. The molecule has 0 amide bonds. The van der Waals surface area contributed by atoms with Crippen LogP contribution in [0.3, 0.4) is 0 Å². The van der Waals surface area contributed by atoms with Crippen molar-refractivity contribution in [3.63, 3.8) is 0 Å². The first-order valence-corrected chi connectivity index (χ1v) is 11.7.